The number of hydrogen-bond acceptors (Lipinski definition) is 4. The van der Waals surface area contributed by atoms with Gasteiger partial charge in [0, 0.05) is 17.9 Å². The summed E-state index contributed by atoms with van der Waals surface area (Å²) < 4.78 is 67.0. The molecule has 1 amide bonds. The molecule has 0 aliphatic carbocycles. The summed E-state index contributed by atoms with van der Waals surface area (Å²) >= 11 is 0. The molecule has 0 saturated heterocycles. The number of carbonyl (C=O) groups is 1. The molecule has 0 bridgehead atoms. The molecule has 6 nitrogen and oxygen atoms in total. The van der Waals surface area contributed by atoms with Crippen LogP contribution in [0.3, 0.4) is 0 Å². The summed E-state index contributed by atoms with van der Waals surface area (Å²) in [5.74, 6) is -0.720. The van der Waals surface area contributed by atoms with E-state index in [0.29, 0.717) is 11.3 Å². The molecule has 41 heavy (non-hydrogen) atoms. The Hall–Kier alpha value is -4.44. The zero-order chi connectivity index (χ0) is 29.8. The average molecular weight is 581 g/mol. The highest BCUT2D eigenvalue weighted by Gasteiger charge is 2.31. The van der Waals surface area contributed by atoms with E-state index in [1.165, 1.54) is 42.5 Å². The molecule has 0 radical (unpaired) electrons. The van der Waals surface area contributed by atoms with Gasteiger partial charge in [-0.05, 0) is 66.9 Å². The first-order valence-corrected chi connectivity index (χ1v) is 14.1. The number of aryl methyl sites for hydroxylation is 1. The average Bonchev–Trinajstić information content (AvgIpc) is 2.95. The molecular weight excluding hydrogens is 553 g/mol. The van der Waals surface area contributed by atoms with Crippen molar-refractivity contribution >= 4 is 15.7 Å². The van der Waals surface area contributed by atoms with Crippen molar-refractivity contribution in [2.75, 3.05) is 0 Å². The third-order valence-electron chi connectivity index (χ3n) is 6.60. The van der Waals surface area contributed by atoms with Crippen molar-refractivity contribution in [3.63, 3.8) is 0 Å². The first kappa shape index (κ1) is 29.5. The first-order valence-electron chi connectivity index (χ1n) is 12.6. The molecule has 0 saturated carbocycles. The minimum Gasteiger partial charge on any atom is -0.348 e. The van der Waals surface area contributed by atoms with Crippen LogP contribution in [-0.4, -0.2) is 24.1 Å². The molecular formula is C31H27F3N2O4S. The summed E-state index contributed by atoms with van der Waals surface area (Å²) in [4.78, 5) is 26.1. The van der Waals surface area contributed by atoms with Crippen molar-refractivity contribution in [1.82, 2.24) is 9.88 Å². The van der Waals surface area contributed by atoms with E-state index in [1.54, 1.807) is 19.1 Å². The van der Waals surface area contributed by atoms with Gasteiger partial charge in [-0.2, -0.15) is 13.2 Å². The number of halogens is 3. The van der Waals surface area contributed by atoms with Gasteiger partial charge in [-0.1, -0.05) is 54.6 Å². The van der Waals surface area contributed by atoms with Crippen LogP contribution in [0.2, 0.25) is 0 Å². The summed E-state index contributed by atoms with van der Waals surface area (Å²) in [5, 5.41) is 1.79. The van der Waals surface area contributed by atoms with Crippen molar-refractivity contribution in [2.45, 2.75) is 36.2 Å². The van der Waals surface area contributed by atoms with Crippen molar-refractivity contribution in [3.05, 3.63) is 142 Å². The minimum absolute atomic E-state index is 0.00899. The molecule has 1 atom stereocenters. The third kappa shape index (κ3) is 6.66. The summed E-state index contributed by atoms with van der Waals surface area (Å²) in [6.45, 7) is 5.24. The predicted molar refractivity (Wildman–Crippen MR) is 151 cm³/mol. The zero-order valence-corrected chi connectivity index (χ0v) is 22.9. The number of amides is 1. The molecule has 10 heteroatoms. The van der Waals surface area contributed by atoms with Crippen LogP contribution in [-0.2, 0) is 29.0 Å². The minimum atomic E-state index is -4.59. The topological polar surface area (TPSA) is 85.2 Å². The van der Waals surface area contributed by atoms with Gasteiger partial charge in [0.25, 0.3) is 11.5 Å². The van der Waals surface area contributed by atoms with E-state index in [0.717, 1.165) is 22.3 Å². The van der Waals surface area contributed by atoms with Gasteiger partial charge in [-0.25, -0.2) is 8.42 Å². The lowest BCUT2D eigenvalue weighted by Gasteiger charge is -2.15. The lowest BCUT2D eigenvalue weighted by Crippen LogP contribution is -2.33. The molecule has 0 aliphatic rings. The first-order chi connectivity index (χ1) is 19.4. The highest BCUT2D eigenvalue weighted by molar-refractivity contribution is 7.92. The van der Waals surface area contributed by atoms with Crippen LogP contribution in [0, 0.1) is 6.92 Å². The SMILES string of the molecule is C=CC(Cc1ccccc1)S(=O)(=O)c1ccc(CNC(=O)c2ccc(C)n(-c3cccc(C(F)(F)F)c3)c2=O)cc1. The Morgan fingerprint density at radius 1 is 0.951 bits per heavy atom. The van der Waals surface area contributed by atoms with E-state index in [2.05, 4.69) is 11.9 Å². The normalized spacial score (nSPS) is 12.5. The molecule has 1 aromatic heterocycles. The monoisotopic (exact) mass is 580 g/mol. The van der Waals surface area contributed by atoms with E-state index in [-0.39, 0.29) is 29.1 Å². The van der Waals surface area contributed by atoms with Crippen molar-refractivity contribution in [1.29, 1.82) is 0 Å². The fourth-order valence-corrected chi connectivity index (χ4v) is 5.89. The summed E-state index contributed by atoms with van der Waals surface area (Å²) in [6.07, 6.45) is -2.91. The molecule has 4 rings (SSSR count). The van der Waals surface area contributed by atoms with Crippen LogP contribution in [0.5, 0.6) is 0 Å². The summed E-state index contributed by atoms with van der Waals surface area (Å²) in [6, 6.07) is 22.3. The second-order valence-electron chi connectivity index (χ2n) is 9.41. The maximum absolute atomic E-state index is 13.2. The second-order valence-corrected chi connectivity index (χ2v) is 11.6. The Morgan fingerprint density at radius 3 is 2.27 bits per heavy atom. The highest BCUT2D eigenvalue weighted by Crippen LogP contribution is 2.30. The maximum Gasteiger partial charge on any atom is 0.416 e. The van der Waals surface area contributed by atoms with Crippen molar-refractivity contribution in [2.24, 2.45) is 0 Å². The number of alkyl halides is 3. The number of rotatable bonds is 9. The number of carbonyl (C=O) groups excluding carboxylic acids is 1. The Labute approximate surface area is 235 Å². The number of nitrogens with one attached hydrogen (secondary N) is 1. The van der Waals surface area contributed by atoms with Gasteiger partial charge in [0.05, 0.1) is 15.7 Å². The molecule has 1 unspecified atom stereocenters. The highest BCUT2D eigenvalue weighted by atomic mass is 32.2. The molecule has 212 valence electrons. The fourth-order valence-electron chi connectivity index (χ4n) is 4.36. The summed E-state index contributed by atoms with van der Waals surface area (Å²) in [7, 11) is -3.71. The smallest absolute Gasteiger partial charge is 0.348 e. The van der Waals surface area contributed by atoms with Crippen LogP contribution < -0.4 is 10.9 Å². The van der Waals surface area contributed by atoms with E-state index in [1.807, 2.05) is 30.3 Å². The molecule has 3 aromatic carbocycles. The van der Waals surface area contributed by atoms with Crippen LogP contribution >= 0.6 is 0 Å². The van der Waals surface area contributed by atoms with E-state index in [9.17, 15) is 31.2 Å². The number of aromatic nitrogens is 1. The molecule has 0 fully saturated rings. The maximum atomic E-state index is 13.2. The largest absolute Gasteiger partial charge is 0.416 e. The van der Waals surface area contributed by atoms with Crippen LogP contribution in [0.4, 0.5) is 13.2 Å². The van der Waals surface area contributed by atoms with Crippen LogP contribution in [0.1, 0.15) is 32.7 Å². The lowest BCUT2D eigenvalue weighted by atomic mass is 10.1. The van der Waals surface area contributed by atoms with E-state index >= 15 is 0 Å². The number of pyridine rings is 1. The van der Waals surface area contributed by atoms with Crippen LogP contribution in [0.15, 0.2) is 113 Å². The van der Waals surface area contributed by atoms with Crippen molar-refractivity contribution in [3.8, 4) is 5.69 Å². The number of benzene rings is 3. The van der Waals surface area contributed by atoms with Crippen LogP contribution in [0.25, 0.3) is 5.69 Å². The van der Waals surface area contributed by atoms with Gasteiger partial charge in [-0.15, -0.1) is 6.58 Å². The van der Waals surface area contributed by atoms with E-state index < -0.39 is 38.3 Å². The van der Waals surface area contributed by atoms with Crippen molar-refractivity contribution < 1.29 is 26.4 Å². The van der Waals surface area contributed by atoms with Gasteiger partial charge in [0.15, 0.2) is 9.84 Å². The number of nitrogens with zero attached hydrogens (tertiary/aromatic N) is 1. The van der Waals surface area contributed by atoms with Gasteiger partial charge >= 0.3 is 6.18 Å². The Balaban J connectivity index is 1.49. The Morgan fingerprint density at radius 2 is 1.63 bits per heavy atom. The fraction of sp³-hybridized carbons (Fsp3) is 0.161. The van der Waals surface area contributed by atoms with E-state index in [4.69, 9.17) is 0 Å². The van der Waals surface area contributed by atoms with Gasteiger partial charge in [0.1, 0.15) is 5.56 Å². The Bertz CT molecular complexity index is 1730. The molecule has 0 aliphatic heterocycles. The quantitative estimate of drug-likeness (QED) is 0.259. The molecule has 1 N–H and O–H groups in total. The zero-order valence-electron chi connectivity index (χ0n) is 22.1. The molecule has 0 spiro atoms. The Kier molecular flexibility index (Phi) is 8.63. The number of sulfone groups is 1. The molecule has 4 aromatic rings. The summed E-state index contributed by atoms with van der Waals surface area (Å²) in [5.41, 5.74) is -0.142. The predicted octanol–water partition coefficient (Wildman–Crippen LogP) is 5.67. The van der Waals surface area contributed by atoms with Gasteiger partial charge in [0.2, 0.25) is 0 Å². The lowest BCUT2D eigenvalue weighted by molar-refractivity contribution is -0.137. The molecule has 1 heterocycles. The van der Waals surface area contributed by atoms with Gasteiger partial charge < -0.3 is 5.32 Å². The standard InChI is InChI=1S/C31H27F3N2O4S/c1-3-26(18-22-8-5-4-6-9-22)41(39,40)27-15-13-23(14-16-27)20-35-29(37)28-17-12-21(2)36(30(28)38)25-11-7-10-24(19-25)31(32,33)34/h3-17,19,26H,1,18,20H2,2H3,(H,35,37). The second kappa shape index (κ2) is 12.0. The van der Waals surface area contributed by atoms with Gasteiger partial charge in [-0.3, -0.25) is 14.2 Å². The third-order valence-corrected chi connectivity index (χ3v) is 8.69. The number of hydrogen-bond donors (Lipinski definition) is 1.